The summed E-state index contributed by atoms with van der Waals surface area (Å²) in [5.41, 5.74) is 1.56. The van der Waals surface area contributed by atoms with E-state index in [2.05, 4.69) is 20.4 Å². The molecule has 96 valence electrons. The third-order valence-corrected chi connectivity index (χ3v) is 5.66. The van der Waals surface area contributed by atoms with Gasteiger partial charge < -0.3 is 5.11 Å². The number of hydrogen-bond acceptors (Lipinski definition) is 1. The van der Waals surface area contributed by atoms with E-state index in [4.69, 9.17) is 0 Å². The van der Waals surface area contributed by atoms with Gasteiger partial charge in [0.05, 0.1) is 6.10 Å². The molecular formula is C16H26O. The summed E-state index contributed by atoms with van der Waals surface area (Å²) in [5, 5.41) is 9.97. The Morgan fingerprint density at radius 1 is 1.18 bits per heavy atom. The fourth-order valence-corrected chi connectivity index (χ4v) is 6.44. The summed E-state index contributed by atoms with van der Waals surface area (Å²) in [5.74, 6) is 0.929. The van der Waals surface area contributed by atoms with Crippen molar-refractivity contribution in [3.63, 3.8) is 0 Å². The molecule has 4 saturated carbocycles. The lowest BCUT2D eigenvalue weighted by atomic mass is 9.39. The summed E-state index contributed by atoms with van der Waals surface area (Å²) in [6.45, 7) is 8.73. The van der Waals surface area contributed by atoms with Crippen LogP contribution in [-0.2, 0) is 0 Å². The predicted molar refractivity (Wildman–Crippen MR) is 70.7 cm³/mol. The highest BCUT2D eigenvalue weighted by Crippen LogP contribution is 2.70. The third kappa shape index (κ3) is 1.87. The number of aliphatic hydroxyl groups excluding tert-OH is 1. The van der Waals surface area contributed by atoms with Crippen LogP contribution in [-0.4, -0.2) is 11.2 Å². The van der Waals surface area contributed by atoms with E-state index in [0.717, 1.165) is 12.3 Å². The lowest BCUT2D eigenvalue weighted by Crippen LogP contribution is -2.55. The van der Waals surface area contributed by atoms with Gasteiger partial charge in [-0.3, -0.25) is 0 Å². The van der Waals surface area contributed by atoms with E-state index < -0.39 is 0 Å². The Morgan fingerprint density at radius 3 is 2.24 bits per heavy atom. The molecular weight excluding hydrogens is 208 g/mol. The average molecular weight is 234 g/mol. The summed E-state index contributed by atoms with van der Waals surface area (Å²) >= 11 is 0. The van der Waals surface area contributed by atoms with Crippen LogP contribution in [0.5, 0.6) is 0 Å². The van der Waals surface area contributed by atoms with Gasteiger partial charge in [0.2, 0.25) is 0 Å². The molecule has 0 aromatic carbocycles. The van der Waals surface area contributed by atoms with Gasteiger partial charge in [-0.15, -0.1) is 6.58 Å². The zero-order valence-corrected chi connectivity index (χ0v) is 11.3. The summed E-state index contributed by atoms with van der Waals surface area (Å²) in [4.78, 5) is 0. The van der Waals surface area contributed by atoms with Gasteiger partial charge in [-0.25, -0.2) is 0 Å². The second-order valence-corrected chi connectivity index (χ2v) is 8.14. The molecule has 4 aliphatic carbocycles. The largest absolute Gasteiger partial charge is 0.389 e. The van der Waals surface area contributed by atoms with Gasteiger partial charge in [0.25, 0.3) is 0 Å². The molecule has 0 aliphatic heterocycles. The second-order valence-electron chi connectivity index (χ2n) is 8.14. The van der Waals surface area contributed by atoms with Crippen LogP contribution in [0.1, 0.15) is 58.8 Å². The van der Waals surface area contributed by atoms with Crippen molar-refractivity contribution in [1.29, 1.82) is 0 Å². The Hall–Kier alpha value is -0.300. The first-order chi connectivity index (χ1) is 7.86. The summed E-state index contributed by atoms with van der Waals surface area (Å²) in [6.07, 6.45) is 10.7. The molecule has 0 aromatic heterocycles. The highest BCUT2D eigenvalue weighted by atomic mass is 16.3. The molecule has 4 bridgehead atoms. The fraction of sp³-hybridized carbons (Fsp3) is 0.875. The monoisotopic (exact) mass is 234 g/mol. The highest BCUT2D eigenvalue weighted by molar-refractivity contribution is 5.11. The third-order valence-electron chi connectivity index (χ3n) is 5.66. The minimum absolute atomic E-state index is 0.293. The van der Waals surface area contributed by atoms with Gasteiger partial charge in [0.1, 0.15) is 0 Å². The fourth-order valence-electron chi connectivity index (χ4n) is 6.44. The van der Waals surface area contributed by atoms with Gasteiger partial charge in [-0.05, 0) is 67.1 Å². The maximum atomic E-state index is 9.97. The first-order valence-electron chi connectivity index (χ1n) is 7.17. The Balaban J connectivity index is 1.89. The van der Waals surface area contributed by atoms with E-state index in [1.165, 1.54) is 38.5 Å². The molecule has 4 rings (SSSR count). The van der Waals surface area contributed by atoms with Gasteiger partial charge in [-0.2, -0.15) is 0 Å². The summed E-state index contributed by atoms with van der Waals surface area (Å²) < 4.78 is 0. The molecule has 0 radical (unpaired) electrons. The Morgan fingerprint density at radius 2 is 1.76 bits per heavy atom. The van der Waals surface area contributed by atoms with E-state index in [-0.39, 0.29) is 6.10 Å². The van der Waals surface area contributed by atoms with Gasteiger partial charge in [0.15, 0.2) is 0 Å². The second kappa shape index (κ2) is 3.38. The molecule has 1 heteroatoms. The summed E-state index contributed by atoms with van der Waals surface area (Å²) in [6, 6.07) is 0. The molecule has 1 nitrogen and oxygen atoms in total. The standard InChI is InChI=1S/C16H26O/c1-4-13(17)8-16-7-12-5-14(2,10-16)9-15(3,6-12)11-16/h4,12-13,17H,1,5-11H2,2-3H3. The van der Waals surface area contributed by atoms with E-state index in [1.54, 1.807) is 6.08 Å². The van der Waals surface area contributed by atoms with Gasteiger partial charge in [0, 0.05) is 0 Å². The van der Waals surface area contributed by atoms with Crippen molar-refractivity contribution >= 4 is 0 Å². The molecule has 0 heterocycles. The lowest BCUT2D eigenvalue weighted by molar-refractivity contribution is -0.154. The van der Waals surface area contributed by atoms with Crippen molar-refractivity contribution < 1.29 is 5.11 Å². The van der Waals surface area contributed by atoms with Crippen molar-refractivity contribution in [3.05, 3.63) is 12.7 Å². The van der Waals surface area contributed by atoms with Crippen molar-refractivity contribution in [2.45, 2.75) is 64.9 Å². The maximum absolute atomic E-state index is 9.97. The van der Waals surface area contributed by atoms with Crippen molar-refractivity contribution in [2.24, 2.45) is 22.2 Å². The Bertz CT molecular complexity index is 327. The van der Waals surface area contributed by atoms with Crippen LogP contribution >= 0.6 is 0 Å². The Kier molecular flexibility index (Phi) is 2.34. The normalized spacial score (nSPS) is 53.7. The lowest BCUT2D eigenvalue weighted by Gasteiger charge is -2.66. The topological polar surface area (TPSA) is 20.2 Å². The molecule has 4 aliphatic rings. The highest BCUT2D eigenvalue weighted by Gasteiger charge is 2.59. The molecule has 1 N–H and O–H groups in total. The van der Waals surface area contributed by atoms with Crippen LogP contribution in [0.2, 0.25) is 0 Å². The van der Waals surface area contributed by atoms with E-state index >= 15 is 0 Å². The zero-order valence-electron chi connectivity index (χ0n) is 11.3. The molecule has 0 amide bonds. The molecule has 17 heavy (non-hydrogen) atoms. The first-order valence-corrected chi connectivity index (χ1v) is 7.17. The maximum Gasteiger partial charge on any atom is 0.0723 e. The van der Waals surface area contributed by atoms with Crippen molar-refractivity contribution in [2.75, 3.05) is 0 Å². The summed E-state index contributed by atoms with van der Waals surface area (Å²) in [7, 11) is 0. The van der Waals surface area contributed by atoms with Crippen LogP contribution in [0.15, 0.2) is 12.7 Å². The van der Waals surface area contributed by atoms with Crippen LogP contribution in [0.25, 0.3) is 0 Å². The predicted octanol–water partition coefficient (Wildman–Crippen LogP) is 3.92. The minimum atomic E-state index is -0.293. The zero-order chi connectivity index (χ0) is 12.3. The Labute approximate surface area is 105 Å². The smallest absolute Gasteiger partial charge is 0.0723 e. The molecule has 0 aromatic rings. The molecule has 3 atom stereocenters. The van der Waals surface area contributed by atoms with E-state index in [0.29, 0.717) is 16.2 Å². The van der Waals surface area contributed by atoms with Gasteiger partial charge >= 0.3 is 0 Å². The van der Waals surface area contributed by atoms with Gasteiger partial charge in [-0.1, -0.05) is 19.9 Å². The number of rotatable bonds is 3. The van der Waals surface area contributed by atoms with Crippen LogP contribution in [0.4, 0.5) is 0 Å². The molecule has 0 saturated heterocycles. The van der Waals surface area contributed by atoms with Crippen molar-refractivity contribution in [3.8, 4) is 0 Å². The molecule has 3 unspecified atom stereocenters. The SMILES string of the molecule is C=CC(O)CC12CC3CC(C)(CC(C)(C3)C1)C2. The van der Waals surface area contributed by atoms with Crippen LogP contribution in [0, 0.1) is 22.2 Å². The number of aliphatic hydroxyl groups is 1. The van der Waals surface area contributed by atoms with Crippen LogP contribution < -0.4 is 0 Å². The quantitative estimate of drug-likeness (QED) is 0.734. The van der Waals surface area contributed by atoms with E-state index in [9.17, 15) is 5.11 Å². The molecule has 0 spiro atoms. The van der Waals surface area contributed by atoms with Crippen molar-refractivity contribution in [1.82, 2.24) is 0 Å². The van der Waals surface area contributed by atoms with E-state index in [1.807, 2.05) is 0 Å². The number of hydrogen-bond donors (Lipinski definition) is 1. The average Bonchev–Trinajstić information content (AvgIpc) is 2.10. The first kappa shape index (κ1) is 11.8. The van der Waals surface area contributed by atoms with Crippen LogP contribution in [0.3, 0.4) is 0 Å². The molecule has 4 fully saturated rings. The minimum Gasteiger partial charge on any atom is -0.389 e.